The van der Waals surface area contributed by atoms with Crippen LogP contribution in [0.25, 0.3) is 0 Å². The van der Waals surface area contributed by atoms with E-state index in [1.165, 1.54) is 0 Å². The highest BCUT2D eigenvalue weighted by molar-refractivity contribution is 6.34. The number of hydrogen-bond acceptors (Lipinski definition) is 4. The Labute approximate surface area is 122 Å². The lowest BCUT2D eigenvalue weighted by molar-refractivity contribution is -0.0380. The van der Waals surface area contributed by atoms with Crippen molar-refractivity contribution in [2.75, 3.05) is 12.5 Å². The molecule has 0 atom stereocenters. The van der Waals surface area contributed by atoms with E-state index in [9.17, 15) is 4.79 Å². The molecule has 2 N–H and O–H groups in total. The number of halogens is 1. The van der Waals surface area contributed by atoms with Crippen LogP contribution in [0.3, 0.4) is 0 Å². The third-order valence-corrected chi connectivity index (χ3v) is 2.95. The van der Waals surface area contributed by atoms with Gasteiger partial charge in [-0.05, 0) is 17.7 Å². The summed E-state index contributed by atoms with van der Waals surface area (Å²) in [5.74, 6) is -0.596. The molecule has 0 saturated carbocycles. The highest BCUT2D eigenvalue weighted by Crippen LogP contribution is 2.22. The van der Waals surface area contributed by atoms with E-state index in [-0.39, 0.29) is 23.1 Å². The summed E-state index contributed by atoms with van der Waals surface area (Å²) in [6, 6.07) is 14.4. The van der Waals surface area contributed by atoms with E-state index in [0.717, 1.165) is 5.56 Å². The molecule has 0 radical (unpaired) electrons. The maximum absolute atomic E-state index is 11.8. The van der Waals surface area contributed by atoms with Crippen molar-refractivity contribution in [1.82, 2.24) is 0 Å². The molecule has 0 spiro atoms. The van der Waals surface area contributed by atoms with Crippen molar-refractivity contribution in [1.29, 1.82) is 0 Å². The second-order valence-corrected chi connectivity index (χ2v) is 4.49. The lowest BCUT2D eigenvalue weighted by Gasteiger charge is -2.09. The summed E-state index contributed by atoms with van der Waals surface area (Å²) in [6.07, 6.45) is 0. The molecule has 0 aliphatic rings. The average Bonchev–Trinajstić information content (AvgIpc) is 2.44. The van der Waals surface area contributed by atoms with Crippen LogP contribution in [0.15, 0.2) is 48.5 Å². The summed E-state index contributed by atoms with van der Waals surface area (Å²) in [7, 11) is 0. The summed E-state index contributed by atoms with van der Waals surface area (Å²) in [5, 5.41) is 0.262. The maximum atomic E-state index is 11.8. The van der Waals surface area contributed by atoms with Crippen LogP contribution in [0.1, 0.15) is 15.9 Å². The van der Waals surface area contributed by atoms with Gasteiger partial charge in [-0.3, -0.25) is 0 Å². The fourth-order valence-corrected chi connectivity index (χ4v) is 1.92. The Morgan fingerprint density at radius 3 is 2.55 bits per heavy atom. The molecule has 0 saturated heterocycles. The highest BCUT2D eigenvalue weighted by Gasteiger charge is 2.15. The molecule has 104 valence electrons. The molecule has 2 rings (SSSR count). The van der Waals surface area contributed by atoms with E-state index in [1.807, 2.05) is 30.3 Å². The molecule has 5 heteroatoms. The molecule has 0 unspecified atom stereocenters. The summed E-state index contributed by atoms with van der Waals surface area (Å²) >= 11 is 5.91. The topological polar surface area (TPSA) is 61.6 Å². The van der Waals surface area contributed by atoms with Crippen LogP contribution in [0.5, 0.6) is 0 Å². The zero-order valence-corrected chi connectivity index (χ0v) is 11.5. The lowest BCUT2D eigenvalue weighted by atomic mass is 10.2. The van der Waals surface area contributed by atoms with Crippen LogP contribution in [0, 0.1) is 0 Å². The Bertz CT molecular complexity index is 567. The van der Waals surface area contributed by atoms with E-state index in [1.54, 1.807) is 18.2 Å². The van der Waals surface area contributed by atoms with Gasteiger partial charge in [-0.25, -0.2) is 4.79 Å². The lowest BCUT2D eigenvalue weighted by Crippen LogP contribution is -2.11. The van der Waals surface area contributed by atoms with Crippen LogP contribution in [0.4, 0.5) is 5.69 Å². The Kier molecular flexibility index (Phi) is 4.98. The molecule has 0 bridgehead atoms. The number of ether oxygens (including phenoxy) is 2. The van der Waals surface area contributed by atoms with Gasteiger partial charge in [0.05, 0.1) is 11.6 Å². The number of hydrogen-bond donors (Lipinski definition) is 1. The van der Waals surface area contributed by atoms with Gasteiger partial charge < -0.3 is 15.2 Å². The van der Waals surface area contributed by atoms with E-state index >= 15 is 0 Å². The van der Waals surface area contributed by atoms with Gasteiger partial charge in [-0.15, -0.1) is 0 Å². The van der Waals surface area contributed by atoms with Gasteiger partial charge in [0.25, 0.3) is 0 Å². The molecule has 0 aromatic heterocycles. The normalized spacial score (nSPS) is 10.2. The Morgan fingerprint density at radius 1 is 1.10 bits per heavy atom. The number of carbonyl (C=O) groups is 1. The molecular formula is C15H14ClNO3. The first kappa shape index (κ1) is 14.4. The van der Waals surface area contributed by atoms with Crippen molar-refractivity contribution >= 4 is 23.3 Å². The first-order valence-electron chi connectivity index (χ1n) is 6.01. The van der Waals surface area contributed by atoms with Gasteiger partial charge in [0.1, 0.15) is 5.56 Å². The van der Waals surface area contributed by atoms with Crippen LogP contribution in [-0.4, -0.2) is 12.8 Å². The molecule has 0 heterocycles. The highest BCUT2D eigenvalue weighted by atomic mass is 35.5. The minimum absolute atomic E-state index is 0.154. The van der Waals surface area contributed by atoms with Gasteiger partial charge in [0, 0.05) is 5.69 Å². The molecular weight excluding hydrogens is 278 g/mol. The van der Waals surface area contributed by atoms with Crippen molar-refractivity contribution in [2.45, 2.75) is 6.61 Å². The van der Waals surface area contributed by atoms with Gasteiger partial charge in [0.15, 0.2) is 6.79 Å². The van der Waals surface area contributed by atoms with Crippen LogP contribution in [0.2, 0.25) is 5.02 Å². The molecule has 2 aromatic rings. The minimum Gasteiger partial charge on any atom is -0.435 e. The molecule has 4 nitrogen and oxygen atoms in total. The summed E-state index contributed by atoms with van der Waals surface area (Å²) < 4.78 is 10.3. The second kappa shape index (κ2) is 6.93. The molecule has 0 aliphatic carbocycles. The van der Waals surface area contributed by atoms with Crippen molar-refractivity contribution in [3.05, 3.63) is 64.7 Å². The fourth-order valence-electron chi connectivity index (χ4n) is 1.66. The molecule has 2 aromatic carbocycles. The van der Waals surface area contributed by atoms with E-state index in [4.69, 9.17) is 26.8 Å². The smallest absolute Gasteiger partial charge is 0.343 e. The van der Waals surface area contributed by atoms with Gasteiger partial charge in [0.2, 0.25) is 0 Å². The third kappa shape index (κ3) is 3.73. The van der Waals surface area contributed by atoms with Gasteiger partial charge >= 0.3 is 5.97 Å². The van der Waals surface area contributed by atoms with Gasteiger partial charge in [-0.1, -0.05) is 48.0 Å². The SMILES string of the molecule is Nc1cccc(Cl)c1C(=O)OCOCc1ccccc1. The predicted molar refractivity (Wildman–Crippen MR) is 77.4 cm³/mol. The number of nitrogens with two attached hydrogens (primary N) is 1. The van der Waals surface area contributed by atoms with Crippen molar-refractivity contribution in [3.8, 4) is 0 Å². The van der Waals surface area contributed by atoms with E-state index < -0.39 is 5.97 Å². The standard InChI is InChI=1S/C15H14ClNO3/c16-12-7-4-8-13(17)14(12)15(18)20-10-19-9-11-5-2-1-3-6-11/h1-8H,9-10,17H2. The number of carbonyl (C=O) groups excluding carboxylic acids is 1. The first-order valence-corrected chi connectivity index (χ1v) is 6.39. The number of esters is 1. The number of rotatable bonds is 5. The molecule has 0 aliphatic heterocycles. The maximum Gasteiger partial charge on any atom is 0.343 e. The number of benzene rings is 2. The largest absolute Gasteiger partial charge is 0.435 e. The fraction of sp³-hybridized carbons (Fsp3) is 0.133. The molecule has 20 heavy (non-hydrogen) atoms. The Balaban J connectivity index is 1.84. The predicted octanol–water partition coefficient (Wildman–Crippen LogP) is 3.25. The van der Waals surface area contributed by atoms with E-state index in [0.29, 0.717) is 6.61 Å². The van der Waals surface area contributed by atoms with Crippen molar-refractivity contribution < 1.29 is 14.3 Å². The van der Waals surface area contributed by atoms with Crippen LogP contribution >= 0.6 is 11.6 Å². The quantitative estimate of drug-likeness (QED) is 0.397. The Hall–Kier alpha value is -2.04. The summed E-state index contributed by atoms with van der Waals surface area (Å²) in [6.45, 7) is 0.213. The zero-order chi connectivity index (χ0) is 14.4. The van der Waals surface area contributed by atoms with Crippen molar-refractivity contribution in [2.24, 2.45) is 0 Å². The molecule has 0 amide bonds. The molecule has 0 fully saturated rings. The monoisotopic (exact) mass is 291 g/mol. The third-order valence-electron chi connectivity index (χ3n) is 2.63. The zero-order valence-electron chi connectivity index (χ0n) is 10.7. The first-order chi connectivity index (χ1) is 9.68. The second-order valence-electron chi connectivity index (χ2n) is 4.09. The van der Waals surface area contributed by atoms with Crippen LogP contribution in [-0.2, 0) is 16.1 Å². The Morgan fingerprint density at radius 2 is 1.85 bits per heavy atom. The summed E-state index contributed by atoms with van der Waals surface area (Å²) in [4.78, 5) is 11.8. The van der Waals surface area contributed by atoms with Crippen LogP contribution < -0.4 is 5.73 Å². The number of nitrogen functional groups attached to an aromatic ring is 1. The minimum atomic E-state index is -0.596. The van der Waals surface area contributed by atoms with Gasteiger partial charge in [-0.2, -0.15) is 0 Å². The van der Waals surface area contributed by atoms with Crippen molar-refractivity contribution in [3.63, 3.8) is 0 Å². The number of anilines is 1. The van der Waals surface area contributed by atoms with E-state index in [2.05, 4.69) is 0 Å². The average molecular weight is 292 g/mol. The summed E-state index contributed by atoms with van der Waals surface area (Å²) in [5.41, 5.74) is 7.14.